The van der Waals surface area contributed by atoms with E-state index in [0.29, 0.717) is 23.4 Å². The second-order valence-electron chi connectivity index (χ2n) is 5.90. The highest BCUT2D eigenvalue weighted by atomic mass is 32.2. The molecule has 0 aliphatic carbocycles. The average Bonchev–Trinajstić information content (AvgIpc) is 2.69. The Balaban J connectivity index is 1.78. The molecule has 0 spiro atoms. The molecule has 1 amide bonds. The lowest BCUT2D eigenvalue weighted by atomic mass is 10.1. The molecule has 0 radical (unpaired) electrons. The third-order valence-corrected chi connectivity index (χ3v) is 5.41. The predicted octanol–water partition coefficient (Wildman–Crippen LogP) is 3.12. The largest absolute Gasteiger partial charge is 0.346 e. The number of pyridine rings is 1. The third kappa shape index (κ3) is 4.51. The summed E-state index contributed by atoms with van der Waals surface area (Å²) in [6.07, 6.45) is 1.66. The van der Waals surface area contributed by atoms with Gasteiger partial charge in [-0.3, -0.25) is 14.5 Å². The maximum atomic E-state index is 12.5. The molecule has 0 bridgehead atoms. The molecule has 2 N–H and O–H groups in total. The van der Waals surface area contributed by atoms with Gasteiger partial charge in [0.1, 0.15) is 0 Å². The summed E-state index contributed by atoms with van der Waals surface area (Å²) in [6, 6.07) is 18.5. The number of rotatable bonds is 6. The van der Waals surface area contributed by atoms with Gasteiger partial charge in [0.25, 0.3) is 15.9 Å². The molecule has 1 aromatic heterocycles. The third-order valence-electron chi connectivity index (χ3n) is 4.03. The van der Waals surface area contributed by atoms with Crippen molar-refractivity contribution in [3.63, 3.8) is 0 Å². The zero-order valence-electron chi connectivity index (χ0n) is 14.7. The fraction of sp³-hybridized carbons (Fsp3) is 0.100. The summed E-state index contributed by atoms with van der Waals surface area (Å²) < 4.78 is 27.6. The minimum Gasteiger partial charge on any atom is -0.346 e. The van der Waals surface area contributed by atoms with Crippen LogP contribution < -0.4 is 10.0 Å². The van der Waals surface area contributed by atoms with Crippen LogP contribution in [0.3, 0.4) is 0 Å². The van der Waals surface area contributed by atoms with E-state index in [0.717, 1.165) is 5.69 Å². The Labute approximate surface area is 158 Å². The van der Waals surface area contributed by atoms with Crippen molar-refractivity contribution in [1.29, 1.82) is 0 Å². The zero-order valence-corrected chi connectivity index (χ0v) is 15.5. The Kier molecular flexibility index (Phi) is 5.52. The molecule has 6 nitrogen and oxygen atoms in total. The lowest BCUT2D eigenvalue weighted by Gasteiger charge is -2.14. The summed E-state index contributed by atoms with van der Waals surface area (Å²) in [6.45, 7) is 2.00. The second-order valence-corrected chi connectivity index (χ2v) is 7.58. The van der Waals surface area contributed by atoms with Crippen molar-refractivity contribution >= 4 is 21.6 Å². The SMILES string of the molecule is Cc1c(NS(=O)(=O)c2ccccc2)cccc1C(=O)NCc1ccccn1. The summed E-state index contributed by atoms with van der Waals surface area (Å²) in [4.78, 5) is 16.8. The van der Waals surface area contributed by atoms with Gasteiger partial charge in [-0.15, -0.1) is 0 Å². The van der Waals surface area contributed by atoms with Crippen LogP contribution in [0.15, 0.2) is 77.8 Å². The van der Waals surface area contributed by atoms with E-state index >= 15 is 0 Å². The Bertz CT molecular complexity index is 1040. The number of hydrogen-bond acceptors (Lipinski definition) is 4. The molecule has 0 aliphatic heterocycles. The van der Waals surface area contributed by atoms with Crippen molar-refractivity contribution in [1.82, 2.24) is 10.3 Å². The van der Waals surface area contributed by atoms with Gasteiger partial charge in [-0.2, -0.15) is 0 Å². The van der Waals surface area contributed by atoms with E-state index in [1.165, 1.54) is 12.1 Å². The van der Waals surface area contributed by atoms with Crippen molar-refractivity contribution in [2.75, 3.05) is 4.72 Å². The first-order valence-electron chi connectivity index (χ1n) is 8.33. The number of benzene rings is 2. The van der Waals surface area contributed by atoms with E-state index in [4.69, 9.17) is 0 Å². The fourth-order valence-electron chi connectivity index (χ4n) is 2.56. The first-order chi connectivity index (χ1) is 13.0. The van der Waals surface area contributed by atoms with Crippen molar-refractivity contribution in [3.8, 4) is 0 Å². The molecular formula is C20H19N3O3S. The van der Waals surface area contributed by atoms with Gasteiger partial charge in [0, 0.05) is 11.8 Å². The molecule has 0 saturated heterocycles. The highest BCUT2D eigenvalue weighted by molar-refractivity contribution is 7.92. The molecule has 0 atom stereocenters. The maximum absolute atomic E-state index is 12.5. The fourth-order valence-corrected chi connectivity index (χ4v) is 3.71. The topological polar surface area (TPSA) is 88.2 Å². The number of anilines is 1. The van der Waals surface area contributed by atoms with Crippen LogP contribution in [0.25, 0.3) is 0 Å². The lowest BCUT2D eigenvalue weighted by molar-refractivity contribution is 0.0950. The van der Waals surface area contributed by atoms with Crippen molar-refractivity contribution in [2.45, 2.75) is 18.4 Å². The highest BCUT2D eigenvalue weighted by Gasteiger charge is 2.17. The summed E-state index contributed by atoms with van der Waals surface area (Å²) in [5, 5.41) is 2.80. The number of sulfonamides is 1. The van der Waals surface area contributed by atoms with Crippen LogP contribution in [0.2, 0.25) is 0 Å². The van der Waals surface area contributed by atoms with E-state index in [1.807, 2.05) is 12.1 Å². The van der Waals surface area contributed by atoms with Gasteiger partial charge in [0.05, 0.1) is 22.8 Å². The number of amides is 1. The van der Waals surface area contributed by atoms with Gasteiger partial charge < -0.3 is 5.32 Å². The van der Waals surface area contributed by atoms with E-state index in [2.05, 4.69) is 15.0 Å². The second kappa shape index (κ2) is 8.01. The maximum Gasteiger partial charge on any atom is 0.261 e. The quantitative estimate of drug-likeness (QED) is 0.687. The normalized spacial score (nSPS) is 11.0. The molecule has 0 aliphatic rings. The Morgan fingerprint density at radius 1 is 0.963 bits per heavy atom. The average molecular weight is 381 g/mol. The summed E-state index contributed by atoms with van der Waals surface area (Å²) >= 11 is 0. The smallest absolute Gasteiger partial charge is 0.261 e. The monoisotopic (exact) mass is 381 g/mol. The van der Waals surface area contributed by atoms with E-state index < -0.39 is 10.0 Å². The van der Waals surface area contributed by atoms with Crippen LogP contribution in [0.4, 0.5) is 5.69 Å². The summed E-state index contributed by atoms with van der Waals surface area (Å²) in [5.41, 5.74) is 2.06. The molecule has 2 aromatic carbocycles. The molecular weight excluding hydrogens is 362 g/mol. The predicted molar refractivity (Wildman–Crippen MR) is 104 cm³/mol. The van der Waals surface area contributed by atoms with Crippen molar-refractivity contribution in [3.05, 3.63) is 89.7 Å². The number of carbonyl (C=O) groups excluding carboxylic acids is 1. The summed E-state index contributed by atoms with van der Waals surface area (Å²) in [7, 11) is -3.73. The van der Waals surface area contributed by atoms with Gasteiger partial charge >= 0.3 is 0 Å². The van der Waals surface area contributed by atoms with Crippen LogP contribution >= 0.6 is 0 Å². The molecule has 7 heteroatoms. The first-order valence-corrected chi connectivity index (χ1v) is 9.81. The van der Waals surface area contributed by atoms with E-state index in [-0.39, 0.29) is 10.8 Å². The van der Waals surface area contributed by atoms with E-state index in [1.54, 1.807) is 55.6 Å². The Morgan fingerprint density at radius 2 is 1.70 bits per heavy atom. The van der Waals surface area contributed by atoms with Crippen LogP contribution in [0, 0.1) is 6.92 Å². The minimum absolute atomic E-state index is 0.161. The number of hydrogen-bond donors (Lipinski definition) is 2. The van der Waals surface area contributed by atoms with Gasteiger partial charge in [-0.1, -0.05) is 30.3 Å². The van der Waals surface area contributed by atoms with Crippen LogP contribution in [-0.2, 0) is 16.6 Å². The van der Waals surface area contributed by atoms with Gasteiger partial charge in [-0.25, -0.2) is 8.42 Å². The van der Waals surface area contributed by atoms with Crippen molar-refractivity contribution in [2.24, 2.45) is 0 Å². The summed E-state index contributed by atoms with van der Waals surface area (Å²) in [5.74, 6) is -0.293. The van der Waals surface area contributed by atoms with Crippen LogP contribution in [-0.4, -0.2) is 19.3 Å². The molecule has 138 valence electrons. The molecule has 0 saturated carbocycles. The molecule has 3 aromatic rings. The standard InChI is InChI=1S/C20H19N3O3S/c1-15-18(20(24)22-14-16-8-5-6-13-21-16)11-7-12-19(15)23-27(25,26)17-9-3-2-4-10-17/h2-13,23H,14H2,1H3,(H,22,24). The zero-order chi connectivity index (χ0) is 19.3. The number of carbonyl (C=O) groups is 1. The Hall–Kier alpha value is -3.19. The molecule has 27 heavy (non-hydrogen) atoms. The number of nitrogens with zero attached hydrogens (tertiary/aromatic N) is 1. The van der Waals surface area contributed by atoms with Gasteiger partial charge in [-0.05, 0) is 48.9 Å². The van der Waals surface area contributed by atoms with Gasteiger partial charge in [0.2, 0.25) is 0 Å². The molecule has 3 rings (SSSR count). The van der Waals surface area contributed by atoms with Crippen LogP contribution in [0.5, 0.6) is 0 Å². The Morgan fingerprint density at radius 3 is 2.41 bits per heavy atom. The van der Waals surface area contributed by atoms with Gasteiger partial charge in [0.15, 0.2) is 0 Å². The first kappa shape index (κ1) is 18.6. The molecule has 1 heterocycles. The van der Waals surface area contributed by atoms with Crippen molar-refractivity contribution < 1.29 is 13.2 Å². The molecule has 0 fully saturated rings. The highest BCUT2D eigenvalue weighted by Crippen LogP contribution is 2.22. The number of aromatic nitrogens is 1. The lowest BCUT2D eigenvalue weighted by Crippen LogP contribution is -2.24. The van der Waals surface area contributed by atoms with E-state index in [9.17, 15) is 13.2 Å². The van der Waals surface area contributed by atoms with Crippen LogP contribution in [0.1, 0.15) is 21.6 Å². The molecule has 0 unspecified atom stereocenters. The minimum atomic E-state index is -3.73. The number of nitrogens with one attached hydrogen (secondary N) is 2.